The molecular weight excluding hydrogens is 238 g/mol. The molecule has 17 heavy (non-hydrogen) atoms. The molecule has 1 aromatic rings. The number of carbonyl (C=O) groups excluding carboxylic acids is 1. The Labute approximate surface area is 104 Å². The quantitative estimate of drug-likeness (QED) is 0.831. The van der Waals surface area contributed by atoms with Crippen LogP contribution in [0.25, 0.3) is 0 Å². The van der Waals surface area contributed by atoms with E-state index in [1.807, 2.05) is 6.92 Å². The number of nitrogens with one attached hydrogen (secondary N) is 1. The van der Waals surface area contributed by atoms with Gasteiger partial charge in [-0.05, 0) is 19.1 Å². The Morgan fingerprint density at radius 3 is 2.82 bits per heavy atom. The minimum atomic E-state index is -0.874. The largest absolute Gasteiger partial charge is 0.508 e. The third-order valence-corrected chi connectivity index (χ3v) is 3.79. The average Bonchev–Trinajstić information content (AvgIpc) is 2.32. The lowest BCUT2D eigenvalue weighted by atomic mass is 10.1. The molecule has 0 aliphatic rings. The van der Waals surface area contributed by atoms with Gasteiger partial charge in [-0.2, -0.15) is 0 Å². The van der Waals surface area contributed by atoms with E-state index >= 15 is 0 Å². The minimum absolute atomic E-state index is 0.106. The molecule has 0 aliphatic carbocycles. The SMILES string of the molecule is CCS(=O)CCNC(=O)c1cccc(O)c1C. The molecule has 1 aromatic carbocycles. The first-order chi connectivity index (χ1) is 8.06. The van der Waals surface area contributed by atoms with Gasteiger partial charge in [-0.15, -0.1) is 0 Å². The van der Waals surface area contributed by atoms with Crippen LogP contribution in [0.1, 0.15) is 22.8 Å². The molecule has 5 heteroatoms. The van der Waals surface area contributed by atoms with Crippen LogP contribution in [-0.4, -0.2) is 33.3 Å². The summed E-state index contributed by atoms with van der Waals surface area (Å²) in [6.07, 6.45) is 0. The number of hydrogen-bond acceptors (Lipinski definition) is 3. The zero-order chi connectivity index (χ0) is 12.8. The first-order valence-corrected chi connectivity index (χ1v) is 6.96. The van der Waals surface area contributed by atoms with Crippen molar-refractivity contribution < 1.29 is 14.1 Å². The number of carbonyl (C=O) groups is 1. The fourth-order valence-electron chi connectivity index (χ4n) is 1.39. The second-order valence-electron chi connectivity index (χ2n) is 3.64. The van der Waals surface area contributed by atoms with Crippen LogP contribution in [0.3, 0.4) is 0 Å². The van der Waals surface area contributed by atoms with E-state index in [0.717, 1.165) is 0 Å². The first kappa shape index (κ1) is 13.7. The Bertz CT molecular complexity index is 432. The summed E-state index contributed by atoms with van der Waals surface area (Å²) < 4.78 is 11.2. The van der Waals surface area contributed by atoms with Crippen molar-refractivity contribution in [3.63, 3.8) is 0 Å². The first-order valence-electron chi connectivity index (χ1n) is 5.48. The van der Waals surface area contributed by atoms with Crippen LogP contribution in [0.4, 0.5) is 0 Å². The van der Waals surface area contributed by atoms with Crippen LogP contribution in [0.2, 0.25) is 0 Å². The standard InChI is InChI=1S/C12H17NO3S/c1-3-17(16)8-7-13-12(15)10-5-4-6-11(14)9(10)2/h4-6,14H,3,7-8H2,1-2H3,(H,13,15). The number of rotatable bonds is 5. The third-order valence-electron chi connectivity index (χ3n) is 2.49. The van der Waals surface area contributed by atoms with Crippen molar-refractivity contribution in [2.45, 2.75) is 13.8 Å². The molecule has 0 radical (unpaired) electrons. The zero-order valence-electron chi connectivity index (χ0n) is 10.0. The van der Waals surface area contributed by atoms with Crippen molar-refractivity contribution in [3.8, 4) is 5.75 Å². The minimum Gasteiger partial charge on any atom is -0.508 e. The van der Waals surface area contributed by atoms with Gasteiger partial charge in [0.1, 0.15) is 5.75 Å². The second-order valence-corrected chi connectivity index (χ2v) is 5.50. The van der Waals surface area contributed by atoms with Gasteiger partial charge in [-0.3, -0.25) is 9.00 Å². The highest BCUT2D eigenvalue weighted by Gasteiger charge is 2.10. The van der Waals surface area contributed by atoms with E-state index in [2.05, 4.69) is 5.32 Å². The lowest BCUT2D eigenvalue weighted by molar-refractivity contribution is 0.0955. The van der Waals surface area contributed by atoms with Gasteiger partial charge in [-0.25, -0.2) is 0 Å². The fraction of sp³-hybridized carbons (Fsp3) is 0.417. The molecule has 1 atom stereocenters. The van der Waals surface area contributed by atoms with E-state index in [4.69, 9.17) is 0 Å². The van der Waals surface area contributed by atoms with E-state index < -0.39 is 10.8 Å². The lowest BCUT2D eigenvalue weighted by Crippen LogP contribution is -2.28. The van der Waals surface area contributed by atoms with Gasteiger partial charge in [-0.1, -0.05) is 13.0 Å². The van der Waals surface area contributed by atoms with Crippen LogP contribution >= 0.6 is 0 Å². The number of phenols is 1. The molecule has 2 N–H and O–H groups in total. The van der Waals surface area contributed by atoms with E-state index in [9.17, 15) is 14.1 Å². The predicted molar refractivity (Wildman–Crippen MR) is 68.7 cm³/mol. The molecule has 94 valence electrons. The second kappa shape index (κ2) is 6.39. The van der Waals surface area contributed by atoms with Crippen LogP contribution in [0.5, 0.6) is 5.75 Å². The van der Waals surface area contributed by atoms with Crippen molar-refractivity contribution in [1.82, 2.24) is 5.32 Å². The number of benzene rings is 1. The molecule has 1 unspecified atom stereocenters. The number of hydrogen-bond donors (Lipinski definition) is 2. The fourth-order valence-corrected chi connectivity index (χ4v) is 2.01. The normalized spacial score (nSPS) is 12.1. The molecule has 0 saturated carbocycles. The monoisotopic (exact) mass is 255 g/mol. The Kier molecular flexibility index (Phi) is 5.15. The van der Waals surface area contributed by atoms with Crippen LogP contribution in [-0.2, 0) is 10.8 Å². The van der Waals surface area contributed by atoms with Crippen molar-refractivity contribution in [3.05, 3.63) is 29.3 Å². The molecule has 0 spiro atoms. The molecule has 0 saturated heterocycles. The number of amides is 1. The maximum Gasteiger partial charge on any atom is 0.251 e. The van der Waals surface area contributed by atoms with Gasteiger partial charge in [0.25, 0.3) is 5.91 Å². The maximum atomic E-state index is 11.8. The highest BCUT2D eigenvalue weighted by molar-refractivity contribution is 7.84. The Hall–Kier alpha value is -1.36. The van der Waals surface area contributed by atoms with Gasteiger partial charge in [0.2, 0.25) is 0 Å². The molecule has 0 aliphatic heterocycles. The van der Waals surface area contributed by atoms with E-state index in [1.165, 1.54) is 6.07 Å². The topological polar surface area (TPSA) is 66.4 Å². The summed E-state index contributed by atoms with van der Waals surface area (Å²) in [6, 6.07) is 4.82. The summed E-state index contributed by atoms with van der Waals surface area (Å²) in [5.74, 6) is 0.919. The molecule has 1 rings (SSSR count). The van der Waals surface area contributed by atoms with Crippen LogP contribution in [0, 0.1) is 6.92 Å². The Morgan fingerprint density at radius 1 is 1.47 bits per heavy atom. The summed E-state index contributed by atoms with van der Waals surface area (Å²) in [7, 11) is -0.874. The van der Waals surface area contributed by atoms with Crippen molar-refractivity contribution in [2.24, 2.45) is 0 Å². The van der Waals surface area contributed by atoms with E-state index in [-0.39, 0.29) is 11.7 Å². The van der Waals surface area contributed by atoms with Gasteiger partial charge in [0.15, 0.2) is 0 Å². The Morgan fingerprint density at radius 2 is 2.18 bits per heavy atom. The number of phenolic OH excluding ortho intramolecular Hbond substituents is 1. The highest BCUT2D eigenvalue weighted by Crippen LogP contribution is 2.19. The van der Waals surface area contributed by atoms with Gasteiger partial charge in [0.05, 0.1) is 0 Å². The predicted octanol–water partition coefficient (Wildman–Crippen LogP) is 1.20. The lowest BCUT2D eigenvalue weighted by Gasteiger charge is -2.08. The summed E-state index contributed by atoms with van der Waals surface area (Å²) >= 11 is 0. The maximum absolute atomic E-state index is 11.8. The Balaban J connectivity index is 2.59. The zero-order valence-corrected chi connectivity index (χ0v) is 10.8. The van der Waals surface area contributed by atoms with Crippen molar-refractivity contribution in [1.29, 1.82) is 0 Å². The van der Waals surface area contributed by atoms with Crippen LogP contribution < -0.4 is 5.32 Å². The summed E-state index contributed by atoms with van der Waals surface area (Å²) in [5, 5.41) is 12.2. The van der Waals surface area contributed by atoms with Gasteiger partial charge in [0, 0.05) is 40.0 Å². The van der Waals surface area contributed by atoms with Gasteiger partial charge < -0.3 is 10.4 Å². The molecular formula is C12H17NO3S. The molecule has 0 heterocycles. The van der Waals surface area contributed by atoms with E-state index in [1.54, 1.807) is 19.1 Å². The van der Waals surface area contributed by atoms with E-state index in [0.29, 0.717) is 29.2 Å². The van der Waals surface area contributed by atoms with Crippen LogP contribution in [0.15, 0.2) is 18.2 Å². The molecule has 0 aromatic heterocycles. The molecule has 0 bridgehead atoms. The number of aromatic hydroxyl groups is 1. The smallest absolute Gasteiger partial charge is 0.251 e. The third kappa shape index (κ3) is 3.85. The molecule has 1 amide bonds. The van der Waals surface area contributed by atoms with Gasteiger partial charge >= 0.3 is 0 Å². The molecule has 0 fully saturated rings. The van der Waals surface area contributed by atoms with Crippen molar-refractivity contribution in [2.75, 3.05) is 18.1 Å². The van der Waals surface area contributed by atoms with Crippen molar-refractivity contribution >= 4 is 16.7 Å². The summed E-state index contributed by atoms with van der Waals surface area (Å²) in [6.45, 7) is 3.92. The molecule has 4 nitrogen and oxygen atoms in total. The summed E-state index contributed by atoms with van der Waals surface area (Å²) in [5.41, 5.74) is 1.01. The summed E-state index contributed by atoms with van der Waals surface area (Å²) in [4.78, 5) is 11.8. The average molecular weight is 255 g/mol. The highest BCUT2D eigenvalue weighted by atomic mass is 32.2.